The van der Waals surface area contributed by atoms with Crippen molar-refractivity contribution in [2.75, 3.05) is 12.3 Å². The van der Waals surface area contributed by atoms with Crippen molar-refractivity contribution in [1.29, 1.82) is 0 Å². The van der Waals surface area contributed by atoms with E-state index in [-0.39, 0.29) is 12.3 Å². The Morgan fingerprint density at radius 1 is 1.19 bits per heavy atom. The maximum Gasteiger partial charge on any atom is 0.264 e. The molecule has 0 saturated carbocycles. The molecule has 0 spiro atoms. The molecule has 0 aliphatic heterocycles. The van der Waals surface area contributed by atoms with Crippen LogP contribution in [-0.4, -0.2) is 24.2 Å². The number of nitrogen functional groups attached to an aromatic ring is 1. The van der Waals surface area contributed by atoms with Crippen molar-refractivity contribution in [3.8, 4) is 11.3 Å². The van der Waals surface area contributed by atoms with Crippen molar-refractivity contribution < 1.29 is 13.5 Å². The summed E-state index contributed by atoms with van der Waals surface area (Å²) in [5, 5.41) is 0.845. The first-order valence-electron chi connectivity index (χ1n) is 8.96. The zero-order chi connectivity index (χ0) is 19.6. The van der Waals surface area contributed by atoms with Gasteiger partial charge in [-0.3, -0.25) is 0 Å². The number of benzene rings is 1. The van der Waals surface area contributed by atoms with Crippen molar-refractivity contribution in [2.45, 2.75) is 38.8 Å². The molecule has 27 heavy (non-hydrogen) atoms. The topological polar surface area (TPSA) is 53.1 Å². The number of nitrogens with zero attached hydrogens (tertiary/aromatic N) is 2. The minimum Gasteiger partial charge on any atom is -0.384 e. The van der Waals surface area contributed by atoms with Crippen molar-refractivity contribution in [3.05, 3.63) is 48.2 Å². The van der Waals surface area contributed by atoms with E-state index in [2.05, 4.69) is 24.6 Å². The summed E-state index contributed by atoms with van der Waals surface area (Å²) in [5.41, 5.74) is 7.86. The lowest BCUT2D eigenvalue weighted by molar-refractivity contribution is 0.0911. The molecular formula is C20H25F2N3OSi. The molecule has 7 heteroatoms. The Kier molecular flexibility index (Phi) is 5.62. The first-order valence-corrected chi connectivity index (χ1v) is 12.7. The van der Waals surface area contributed by atoms with Crippen LogP contribution in [0.5, 0.6) is 0 Å². The van der Waals surface area contributed by atoms with Crippen LogP contribution in [0.15, 0.2) is 42.6 Å². The average Bonchev–Trinajstić information content (AvgIpc) is 2.95. The van der Waals surface area contributed by atoms with Crippen LogP contribution in [0.1, 0.15) is 12.0 Å². The predicted octanol–water partition coefficient (Wildman–Crippen LogP) is 5.54. The van der Waals surface area contributed by atoms with Gasteiger partial charge in [-0.05, 0) is 12.1 Å². The summed E-state index contributed by atoms with van der Waals surface area (Å²) in [5.74, 6) is 0.387. The molecule has 0 amide bonds. The third kappa shape index (κ3) is 4.54. The van der Waals surface area contributed by atoms with Gasteiger partial charge in [0.1, 0.15) is 12.5 Å². The molecule has 0 aliphatic rings. The molecule has 3 rings (SSSR count). The zero-order valence-electron chi connectivity index (χ0n) is 15.9. The Bertz CT molecular complexity index is 935. The van der Waals surface area contributed by atoms with Crippen molar-refractivity contribution in [2.24, 2.45) is 0 Å². The Hall–Kier alpha value is -2.25. The highest BCUT2D eigenvalue weighted by molar-refractivity contribution is 6.76. The second-order valence-corrected chi connectivity index (χ2v) is 13.5. The van der Waals surface area contributed by atoms with E-state index in [9.17, 15) is 8.78 Å². The highest BCUT2D eigenvalue weighted by atomic mass is 28.3. The van der Waals surface area contributed by atoms with Crippen molar-refractivity contribution >= 4 is 24.8 Å². The molecule has 2 heterocycles. The molecule has 4 nitrogen and oxygen atoms in total. The SMILES string of the molecule is C[Si](C)(C)CCOCn1c(-c2ccccc2C(F)F)cc2cnc(N)cc21. The first kappa shape index (κ1) is 19.5. The summed E-state index contributed by atoms with van der Waals surface area (Å²) < 4.78 is 34.9. The van der Waals surface area contributed by atoms with Crippen LogP contribution >= 0.6 is 0 Å². The molecule has 0 saturated heterocycles. The monoisotopic (exact) mass is 389 g/mol. The molecule has 2 N–H and O–H groups in total. The van der Waals surface area contributed by atoms with E-state index in [1.54, 1.807) is 30.5 Å². The highest BCUT2D eigenvalue weighted by Crippen LogP contribution is 2.35. The quantitative estimate of drug-likeness (QED) is 0.427. The van der Waals surface area contributed by atoms with E-state index >= 15 is 0 Å². The summed E-state index contributed by atoms with van der Waals surface area (Å²) in [4.78, 5) is 4.12. The third-order valence-electron chi connectivity index (χ3n) is 4.50. The van der Waals surface area contributed by atoms with Gasteiger partial charge in [0.2, 0.25) is 0 Å². The third-order valence-corrected chi connectivity index (χ3v) is 6.20. The van der Waals surface area contributed by atoms with Gasteiger partial charge < -0.3 is 15.0 Å². The van der Waals surface area contributed by atoms with Gasteiger partial charge in [-0.1, -0.05) is 43.9 Å². The minimum absolute atomic E-state index is 0.00425. The van der Waals surface area contributed by atoms with E-state index < -0.39 is 14.5 Å². The number of fused-ring (bicyclic) bond motifs is 1. The van der Waals surface area contributed by atoms with E-state index in [1.807, 2.05) is 10.6 Å². The van der Waals surface area contributed by atoms with Gasteiger partial charge in [-0.15, -0.1) is 0 Å². The van der Waals surface area contributed by atoms with Crippen LogP contribution in [0.3, 0.4) is 0 Å². The summed E-state index contributed by atoms with van der Waals surface area (Å²) in [6.07, 6.45) is -0.888. The molecule has 0 aliphatic carbocycles. The molecule has 2 aromatic heterocycles. The van der Waals surface area contributed by atoms with E-state index in [0.717, 1.165) is 16.9 Å². The number of anilines is 1. The number of alkyl halides is 2. The number of hydrogen-bond donors (Lipinski definition) is 1. The number of hydrogen-bond acceptors (Lipinski definition) is 3. The maximum atomic E-state index is 13.5. The van der Waals surface area contributed by atoms with Gasteiger partial charge in [0.05, 0.1) is 11.2 Å². The lowest BCUT2D eigenvalue weighted by Gasteiger charge is -2.17. The van der Waals surface area contributed by atoms with Crippen LogP contribution < -0.4 is 5.73 Å². The maximum absolute atomic E-state index is 13.5. The standard InChI is InChI=1S/C20H25F2N3OSi/c1-27(2,3)9-8-26-13-25-17-11-19(23)24-12-14(17)10-18(25)15-6-4-5-7-16(15)20(21)22/h4-7,10-12,20H,8-9,13H2,1-3H3,(H2,23,24). The lowest BCUT2D eigenvalue weighted by Crippen LogP contribution is -2.22. The number of nitrogens with two attached hydrogens (primary N) is 1. The molecule has 0 fully saturated rings. The first-order chi connectivity index (χ1) is 12.8. The van der Waals surface area contributed by atoms with Gasteiger partial charge in [0, 0.05) is 43.5 Å². The minimum atomic E-state index is -2.55. The second-order valence-electron chi connectivity index (χ2n) is 7.86. The summed E-state index contributed by atoms with van der Waals surface area (Å²) in [6.45, 7) is 7.80. The van der Waals surface area contributed by atoms with Gasteiger partial charge >= 0.3 is 0 Å². The normalized spacial score (nSPS) is 12.2. The van der Waals surface area contributed by atoms with E-state index in [1.165, 1.54) is 6.07 Å². The predicted molar refractivity (Wildman–Crippen MR) is 109 cm³/mol. The van der Waals surface area contributed by atoms with Crippen LogP contribution in [0.2, 0.25) is 25.7 Å². The number of ether oxygens (including phenoxy) is 1. The molecule has 1 aromatic carbocycles. The zero-order valence-corrected chi connectivity index (χ0v) is 16.9. The van der Waals surface area contributed by atoms with E-state index in [4.69, 9.17) is 10.5 Å². The molecule has 3 aromatic rings. The molecule has 0 bridgehead atoms. The summed E-state index contributed by atoms with van der Waals surface area (Å²) in [7, 11) is -1.21. The van der Waals surface area contributed by atoms with Gasteiger partial charge in [-0.25, -0.2) is 13.8 Å². The van der Waals surface area contributed by atoms with Gasteiger partial charge in [0.25, 0.3) is 6.43 Å². The van der Waals surface area contributed by atoms with Crippen molar-refractivity contribution in [1.82, 2.24) is 9.55 Å². The van der Waals surface area contributed by atoms with Crippen LogP contribution in [0.25, 0.3) is 22.2 Å². The van der Waals surface area contributed by atoms with Crippen molar-refractivity contribution in [3.63, 3.8) is 0 Å². The van der Waals surface area contributed by atoms with Gasteiger partial charge in [-0.2, -0.15) is 0 Å². The fourth-order valence-electron chi connectivity index (χ4n) is 2.99. The highest BCUT2D eigenvalue weighted by Gasteiger charge is 2.19. The van der Waals surface area contributed by atoms with Gasteiger partial charge in [0.15, 0.2) is 0 Å². The van der Waals surface area contributed by atoms with Crippen LogP contribution in [0, 0.1) is 0 Å². The molecular weight excluding hydrogens is 364 g/mol. The second kappa shape index (κ2) is 7.78. The molecule has 0 unspecified atom stereocenters. The summed E-state index contributed by atoms with van der Waals surface area (Å²) in [6, 6.07) is 11.2. The average molecular weight is 390 g/mol. The Balaban J connectivity index is 2.02. The number of pyridine rings is 1. The smallest absolute Gasteiger partial charge is 0.264 e. The molecule has 0 radical (unpaired) electrons. The fraction of sp³-hybridized carbons (Fsp3) is 0.350. The van der Waals surface area contributed by atoms with E-state index in [0.29, 0.717) is 23.7 Å². The largest absolute Gasteiger partial charge is 0.384 e. The summed E-state index contributed by atoms with van der Waals surface area (Å²) >= 11 is 0. The fourth-order valence-corrected chi connectivity index (χ4v) is 3.74. The number of rotatable bonds is 7. The Morgan fingerprint density at radius 2 is 1.93 bits per heavy atom. The lowest BCUT2D eigenvalue weighted by atomic mass is 10.0. The Labute approximate surface area is 159 Å². The number of aromatic nitrogens is 2. The molecule has 144 valence electrons. The Morgan fingerprint density at radius 3 is 2.63 bits per heavy atom. The van der Waals surface area contributed by atoms with Crippen LogP contribution in [-0.2, 0) is 11.5 Å². The molecule has 0 atom stereocenters. The number of halogens is 2. The van der Waals surface area contributed by atoms with Crippen LogP contribution in [0.4, 0.5) is 14.6 Å².